The molecule has 0 N–H and O–H groups in total. The Balaban J connectivity index is 1.73. The summed E-state index contributed by atoms with van der Waals surface area (Å²) in [5.74, 6) is 1.73. The molecule has 0 radical (unpaired) electrons. The Morgan fingerprint density at radius 3 is 2.80 bits per heavy atom. The van der Waals surface area contributed by atoms with Crippen LogP contribution in [0, 0.1) is 0 Å². The summed E-state index contributed by atoms with van der Waals surface area (Å²) >= 11 is 0. The van der Waals surface area contributed by atoms with Gasteiger partial charge in [-0.25, -0.2) is 5.01 Å². The van der Waals surface area contributed by atoms with Crippen LogP contribution >= 0.6 is 0 Å². The quantitative estimate of drug-likeness (QED) is 0.448. The number of carbonyl (C=O) groups excluding carboxylic acids is 1. The maximum absolute atomic E-state index is 12.4. The Morgan fingerprint density at radius 1 is 1.20 bits per heavy atom. The number of rotatable bonds is 9. The Labute approximate surface area is 176 Å². The first kappa shape index (κ1) is 21.4. The molecule has 1 aliphatic rings. The van der Waals surface area contributed by atoms with Crippen molar-refractivity contribution >= 4 is 17.8 Å². The molecule has 0 unspecified atom stereocenters. The topological polar surface area (TPSA) is 72.7 Å². The van der Waals surface area contributed by atoms with E-state index in [0.29, 0.717) is 18.0 Å². The van der Waals surface area contributed by atoms with Crippen molar-refractivity contribution in [3.8, 4) is 17.2 Å². The van der Waals surface area contributed by atoms with E-state index in [1.54, 1.807) is 13.3 Å². The van der Waals surface area contributed by atoms with Gasteiger partial charge in [0.15, 0.2) is 18.1 Å². The van der Waals surface area contributed by atoms with Gasteiger partial charge in [-0.15, -0.1) is 0 Å². The average molecular weight is 409 g/mol. The number of ether oxygens (including phenoxy) is 2. The van der Waals surface area contributed by atoms with Crippen LogP contribution in [-0.2, 0) is 9.63 Å². The van der Waals surface area contributed by atoms with Gasteiger partial charge in [-0.3, -0.25) is 4.79 Å². The summed E-state index contributed by atoms with van der Waals surface area (Å²) in [5, 5.41) is 9.79. The SMILES string of the molecule is CCC/C=N/OCC(=O)N1CCCC(c2ccc(OC)c(Oc3ccccc3)c2)=N1. The van der Waals surface area contributed by atoms with Crippen LogP contribution in [0.2, 0.25) is 0 Å². The second-order valence-corrected chi connectivity index (χ2v) is 6.80. The fourth-order valence-corrected chi connectivity index (χ4v) is 2.98. The van der Waals surface area contributed by atoms with Crippen LogP contribution in [0.25, 0.3) is 0 Å². The molecule has 0 bridgehead atoms. The number of unbranched alkanes of at least 4 members (excludes halogenated alkanes) is 1. The standard InChI is InChI=1S/C23H27N3O4/c1-3-4-14-24-29-17-23(27)26-15-8-11-20(25-26)18-12-13-21(28-2)22(16-18)30-19-9-6-5-7-10-19/h5-7,9-10,12-14,16H,3-4,8,11,15,17H2,1-2H3/b24-14+. The van der Waals surface area contributed by atoms with Gasteiger partial charge >= 0.3 is 0 Å². The lowest BCUT2D eigenvalue weighted by Gasteiger charge is -2.23. The van der Waals surface area contributed by atoms with Crippen LogP contribution in [0.1, 0.15) is 38.2 Å². The number of para-hydroxylation sites is 1. The molecule has 0 saturated heterocycles. The smallest absolute Gasteiger partial charge is 0.283 e. The summed E-state index contributed by atoms with van der Waals surface area (Å²) in [4.78, 5) is 17.5. The van der Waals surface area contributed by atoms with Crippen molar-refractivity contribution in [1.29, 1.82) is 0 Å². The van der Waals surface area contributed by atoms with E-state index in [1.165, 1.54) is 5.01 Å². The van der Waals surface area contributed by atoms with Crippen molar-refractivity contribution in [2.45, 2.75) is 32.6 Å². The predicted molar refractivity (Wildman–Crippen MR) is 116 cm³/mol. The monoisotopic (exact) mass is 409 g/mol. The molecule has 0 aliphatic carbocycles. The molecular formula is C23H27N3O4. The van der Waals surface area contributed by atoms with Gasteiger partial charge < -0.3 is 14.3 Å². The Hall–Kier alpha value is -3.35. The third-order valence-corrected chi connectivity index (χ3v) is 4.54. The molecule has 7 nitrogen and oxygen atoms in total. The van der Waals surface area contributed by atoms with Crippen LogP contribution in [0.4, 0.5) is 0 Å². The van der Waals surface area contributed by atoms with Gasteiger partial charge in [0.05, 0.1) is 12.8 Å². The molecule has 0 spiro atoms. The van der Waals surface area contributed by atoms with Crippen molar-refractivity contribution in [1.82, 2.24) is 5.01 Å². The summed E-state index contributed by atoms with van der Waals surface area (Å²) in [6, 6.07) is 15.2. The maximum Gasteiger partial charge on any atom is 0.283 e. The number of benzene rings is 2. The first-order valence-electron chi connectivity index (χ1n) is 10.1. The number of carbonyl (C=O) groups is 1. The van der Waals surface area contributed by atoms with E-state index in [2.05, 4.69) is 17.2 Å². The number of hydrazone groups is 1. The average Bonchev–Trinajstić information content (AvgIpc) is 2.79. The lowest BCUT2D eigenvalue weighted by atomic mass is 10.0. The minimum absolute atomic E-state index is 0.123. The summed E-state index contributed by atoms with van der Waals surface area (Å²) in [6.45, 7) is 2.49. The van der Waals surface area contributed by atoms with Gasteiger partial charge in [0.2, 0.25) is 0 Å². The van der Waals surface area contributed by atoms with Gasteiger partial charge in [0.25, 0.3) is 5.91 Å². The second kappa shape index (κ2) is 11.0. The van der Waals surface area contributed by atoms with Crippen molar-refractivity contribution in [3.05, 3.63) is 54.1 Å². The fraction of sp³-hybridized carbons (Fsp3) is 0.348. The summed E-state index contributed by atoms with van der Waals surface area (Å²) < 4.78 is 11.4. The Morgan fingerprint density at radius 2 is 2.03 bits per heavy atom. The number of hydrogen-bond donors (Lipinski definition) is 0. The van der Waals surface area contributed by atoms with E-state index in [0.717, 1.165) is 42.7 Å². The van der Waals surface area contributed by atoms with Gasteiger partial charge in [-0.05, 0) is 49.6 Å². The van der Waals surface area contributed by atoms with E-state index in [9.17, 15) is 4.79 Å². The highest BCUT2D eigenvalue weighted by Gasteiger charge is 2.21. The molecule has 1 amide bonds. The second-order valence-electron chi connectivity index (χ2n) is 6.80. The van der Waals surface area contributed by atoms with Crippen molar-refractivity contribution in [2.24, 2.45) is 10.3 Å². The molecule has 0 saturated carbocycles. The zero-order valence-electron chi connectivity index (χ0n) is 17.4. The molecule has 1 aliphatic heterocycles. The molecule has 2 aromatic carbocycles. The van der Waals surface area contributed by atoms with Gasteiger partial charge in [-0.1, -0.05) is 36.7 Å². The molecule has 2 aromatic rings. The molecule has 0 atom stereocenters. The normalized spacial score (nSPS) is 13.8. The van der Waals surface area contributed by atoms with E-state index in [-0.39, 0.29) is 12.5 Å². The van der Waals surface area contributed by atoms with Crippen LogP contribution < -0.4 is 9.47 Å². The molecule has 30 heavy (non-hydrogen) atoms. The van der Waals surface area contributed by atoms with Crippen molar-refractivity contribution in [3.63, 3.8) is 0 Å². The van der Waals surface area contributed by atoms with Crippen LogP contribution in [0.3, 0.4) is 0 Å². The molecule has 0 aromatic heterocycles. The fourth-order valence-electron chi connectivity index (χ4n) is 2.98. The van der Waals surface area contributed by atoms with E-state index in [1.807, 2.05) is 48.5 Å². The first-order chi connectivity index (χ1) is 14.7. The lowest BCUT2D eigenvalue weighted by Crippen LogP contribution is -2.34. The third kappa shape index (κ3) is 5.83. The van der Waals surface area contributed by atoms with E-state index < -0.39 is 0 Å². The number of amides is 1. The van der Waals surface area contributed by atoms with Crippen molar-refractivity contribution < 1.29 is 19.1 Å². The number of methoxy groups -OCH3 is 1. The zero-order valence-corrected chi connectivity index (χ0v) is 17.4. The van der Waals surface area contributed by atoms with E-state index in [4.69, 9.17) is 14.3 Å². The number of oxime groups is 1. The van der Waals surface area contributed by atoms with Crippen LogP contribution in [0.5, 0.6) is 17.2 Å². The van der Waals surface area contributed by atoms with Gasteiger partial charge in [-0.2, -0.15) is 5.10 Å². The van der Waals surface area contributed by atoms with E-state index >= 15 is 0 Å². The molecule has 3 rings (SSSR count). The minimum Gasteiger partial charge on any atom is -0.493 e. The highest BCUT2D eigenvalue weighted by molar-refractivity contribution is 6.02. The first-order valence-corrected chi connectivity index (χ1v) is 10.1. The summed E-state index contributed by atoms with van der Waals surface area (Å²) in [5.41, 5.74) is 1.71. The minimum atomic E-state index is -0.213. The van der Waals surface area contributed by atoms with Gasteiger partial charge in [0, 0.05) is 18.3 Å². The highest BCUT2D eigenvalue weighted by atomic mass is 16.6. The molecule has 1 heterocycles. The summed E-state index contributed by atoms with van der Waals surface area (Å²) in [7, 11) is 1.61. The summed E-state index contributed by atoms with van der Waals surface area (Å²) in [6.07, 6.45) is 5.08. The lowest BCUT2D eigenvalue weighted by molar-refractivity contribution is -0.136. The predicted octanol–water partition coefficient (Wildman–Crippen LogP) is 4.62. The van der Waals surface area contributed by atoms with Crippen LogP contribution in [0.15, 0.2) is 58.8 Å². The Bertz CT molecular complexity index is 897. The third-order valence-electron chi connectivity index (χ3n) is 4.54. The maximum atomic E-state index is 12.4. The zero-order chi connectivity index (χ0) is 21.2. The number of nitrogens with zero attached hydrogens (tertiary/aromatic N) is 3. The Kier molecular flexibility index (Phi) is 7.83. The molecule has 7 heteroatoms. The van der Waals surface area contributed by atoms with Crippen molar-refractivity contribution in [2.75, 3.05) is 20.3 Å². The number of hydrogen-bond acceptors (Lipinski definition) is 6. The highest BCUT2D eigenvalue weighted by Crippen LogP contribution is 2.33. The molecule has 158 valence electrons. The molecular weight excluding hydrogens is 382 g/mol. The largest absolute Gasteiger partial charge is 0.493 e. The van der Waals surface area contributed by atoms with Crippen LogP contribution in [-0.4, -0.2) is 43.1 Å². The van der Waals surface area contributed by atoms with Gasteiger partial charge in [0.1, 0.15) is 5.75 Å². The molecule has 0 fully saturated rings.